The van der Waals surface area contributed by atoms with E-state index in [1.807, 2.05) is 0 Å². The van der Waals surface area contributed by atoms with E-state index in [0.717, 1.165) is 28.0 Å². The number of amides is 2. The second-order valence-corrected chi connectivity index (χ2v) is 11.0. The molecule has 0 radical (unpaired) electrons. The fourth-order valence-corrected chi connectivity index (χ4v) is 6.64. The Morgan fingerprint density at radius 1 is 1.43 bits per heavy atom. The number of carbonyl (C=O) groups excluding carboxylic acids is 4. The maximum absolute atomic E-state index is 12.7. The van der Waals surface area contributed by atoms with Gasteiger partial charge in [-0.25, -0.2) is 13.4 Å². The minimum absolute atomic E-state index is 0. The Bertz CT molecular complexity index is 1210. The summed E-state index contributed by atoms with van der Waals surface area (Å²) in [5.41, 5.74) is 4.23. The quantitative estimate of drug-likeness (QED) is 0.0648. The normalized spacial score (nSPS) is 19.9. The molecule has 0 aromatic carbocycles. The molecule has 3 rings (SSSR count). The predicted molar refractivity (Wildman–Crippen MR) is 117 cm³/mol. The zero-order chi connectivity index (χ0) is 25.2. The van der Waals surface area contributed by atoms with Gasteiger partial charge < -0.3 is 30.9 Å². The van der Waals surface area contributed by atoms with E-state index in [1.165, 1.54) is 12.3 Å². The van der Waals surface area contributed by atoms with Gasteiger partial charge in [0.1, 0.15) is 22.9 Å². The van der Waals surface area contributed by atoms with Crippen LogP contribution < -0.4 is 45.7 Å². The Hall–Kier alpha value is -2.18. The molecular formula is C17H18N5NaO9S3. The van der Waals surface area contributed by atoms with E-state index in [-0.39, 0.29) is 58.3 Å². The SMILES string of the molecule is CCOC(=O)CS(=O)(=O)CC1=C(C(=O)[O-])N2C(=O)C(NC(=O)/C(=N\O)c3csc(N)n3)[C@H]2SC1.[Na+]. The molecule has 0 aliphatic carbocycles. The molecule has 1 aromatic heterocycles. The van der Waals surface area contributed by atoms with Gasteiger partial charge >= 0.3 is 35.5 Å². The summed E-state index contributed by atoms with van der Waals surface area (Å²) in [5.74, 6) is -6.40. The number of sulfone groups is 1. The molecule has 35 heavy (non-hydrogen) atoms. The molecule has 4 N–H and O–H groups in total. The third kappa shape index (κ3) is 6.34. The van der Waals surface area contributed by atoms with Crippen molar-refractivity contribution < 1.29 is 72.2 Å². The number of nitrogens with zero attached hydrogens (tertiary/aromatic N) is 3. The number of thioether (sulfide) groups is 1. The van der Waals surface area contributed by atoms with Crippen LogP contribution in [0.1, 0.15) is 12.6 Å². The number of nitrogen functional groups attached to an aromatic ring is 1. The van der Waals surface area contributed by atoms with E-state index in [1.54, 1.807) is 0 Å². The topological polar surface area (TPSA) is 221 Å². The Balaban J connectivity index is 0.00000432. The molecule has 1 fully saturated rings. The van der Waals surface area contributed by atoms with Gasteiger partial charge in [0.15, 0.2) is 20.7 Å². The van der Waals surface area contributed by atoms with E-state index in [9.17, 15) is 37.9 Å². The molecule has 184 valence electrons. The molecule has 14 nitrogen and oxygen atoms in total. The smallest absolute Gasteiger partial charge is 0.543 e. The average Bonchev–Trinajstić information content (AvgIpc) is 3.17. The van der Waals surface area contributed by atoms with Crippen molar-refractivity contribution in [2.75, 3.05) is 29.6 Å². The van der Waals surface area contributed by atoms with Crippen LogP contribution in [0.25, 0.3) is 0 Å². The Kier molecular flexibility index (Phi) is 9.71. The number of ether oxygens (including phenoxy) is 1. The van der Waals surface area contributed by atoms with Gasteiger partial charge in [-0.1, -0.05) is 5.16 Å². The third-order valence-electron chi connectivity index (χ3n) is 4.64. The van der Waals surface area contributed by atoms with Crippen molar-refractivity contribution in [3.8, 4) is 0 Å². The number of β-lactam (4-membered cyclic amide) rings is 1. The maximum Gasteiger partial charge on any atom is 1.00 e. The molecule has 0 bridgehead atoms. The third-order valence-corrected chi connectivity index (χ3v) is 8.12. The minimum atomic E-state index is -4.08. The molecule has 2 aliphatic heterocycles. The van der Waals surface area contributed by atoms with Gasteiger partial charge in [0.05, 0.1) is 24.0 Å². The molecule has 0 saturated carbocycles. The number of aromatic nitrogens is 1. The van der Waals surface area contributed by atoms with E-state index in [0.29, 0.717) is 0 Å². The van der Waals surface area contributed by atoms with Crippen LogP contribution in [0.3, 0.4) is 0 Å². The largest absolute Gasteiger partial charge is 1.00 e. The standard InChI is InChI=1S/C17H19N5O9S3.Na/c1-2-31-9(23)6-34(29,30)5-7-3-32-15-11(14(25)22(15)12(7)16(26)27)20-13(24)10(21-28)8-4-33-17(18)19-8;/h4,11,15,28H,2-3,5-6H2,1H3,(H2,18,19)(H,20,24)(H,26,27);/q;+1/p-1/b21-10-;/t11?,15-;/m1./s1. The summed E-state index contributed by atoms with van der Waals surface area (Å²) in [5, 5.41) is 26.8. The van der Waals surface area contributed by atoms with Crippen molar-refractivity contribution in [2.45, 2.75) is 18.3 Å². The molecule has 1 saturated heterocycles. The predicted octanol–water partition coefficient (Wildman–Crippen LogP) is -5.71. The van der Waals surface area contributed by atoms with Crippen LogP contribution in [0, 0.1) is 0 Å². The number of hydrogen-bond donors (Lipinski definition) is 3. The molecule has 2 amide bonds. The summed E-state index contributed by atoms with van der Waals surface area (Å²) in [7, 11) is -4.08. The van der Waals surface area contributed by atoms with Gasteiger partial charge in [0.2, 0.25) is 0 Å². The summed E-state index contributed by atoms with van der Waals surface area (Å²) < 4.78 is 29.3. The van der Waals surface area contributed by atoms with Crippen molar-refractivity contribution in [1.29, 1.82) is 0 Å². The van der Waals surface area contributed by atoms with Crippen molar-refractivity contribution in [3.05, 3.63) is 22.3 Å². The van der Waals surface area contributed by atoms with Crippen LogP contribution in [0.4, 0.5) is 5.13 Å². The van der Waals surface area contributed by atoms with E-state index in [4.69, 9.17) is 5.73 Å². The monoisotopic (exact) mass is 555 g/mol. The minimum Gasteiger partial charge on any atom is -0.543 e. The van der Waals surface area contributed by atoms with E-state index in [2.05, 4.69) is 20.2 Å². The molecule has 18 heteroatoms. The summed E-state index contributed by atoms with van der Waals surface area (Å²) in [6.45, 7) is 1.48. The van der Waals surface area contributed by atoms with Gasteiger partial charge in [-0.2, -0.15) is 0 Å². The zero-order valence-corrected chi connectivity index (χ0v) is 22.9. The first kappa shape index (κ1) is 29.1. The van der Waals surface area contributed by atoms with Crippen molar-refractivity contribution >= 4 is 67.5 Å². The van der Waals surface area contributed by atoms with Crippen LogP contribution >= 0.6 is 23.1 Å². The van der Waals surface area contributed by atoms with Crippen LogP contribution in [0.15, 0.2) is 21.8 Å². The number of aliphatic carboxylic acids is 1. The molecular weight excluding hydrogens is 537 g/mol. The fraction of sp³-hybridized carbons (Fsp3) is 0.412. The number of rotatable bonds is 9. The fourth-order valence-electron chi connectivity index (χ4n) is 3.30. The number of esters is 1. The van der Waals surface area contributed by atoms with Gasteiger partial charge in [0, 0.05) is 11.1 Å². The van der Waals surface area contributed by atoms with E-state index >= 15 is 0 Å². The number of hydrogen-bond acceptors (Lipinski definition) is 14. The first-order valence-corrected chi connectivity index (χ1v) is 13.2. The summed E-state index contributed by atoms with van der Waals surface area (Å²) in [6.07, 6.45) is 0. The van der Waals surface area contributed by atoms with Crippen molar-refractivity contribution in [2.24, 2.45) is 5.16 Å². The second-order valence-electron chi connectivity index (χ2n) is 6.96. The molecule has 3 heterocycles. The van der Waals surface area contributed by atoms with Gasteiger partial charge in [-0.3, -0.25) is 19.3 Å². The van der Waals surface area contributed by atoms with Gasteiger partial charge in [0.25, 0.3) is 11.8 Å². The number of anilines is 1. The number of nitrogens with one attached hydrogen (secondary N) is 1. The average molecular weight is 556 g/mol. The number of carboxylic acid groups (broad SMARTS) is 1. The Morgan fingerprint density at radius 2 is 2.11 bits per heavy atom. The number of carboxylic acids is 1. The summed E-state index contributed by atoms with van der Waals surface area (Å²) >= 11 is 2.01. The number of fused-ring (bicyclic) bond motifs is 1. The van der Waals surface area contributed by atoms with Crippen LogP contribution in [-0.4, -0.2) is 88.3 Å². The van der Waals surface area contributed by atoms with Crippen LogP contribution in [0.2, 0.25) is 0 Å². The molecule has 2 atom stereocenters. The molecule has 2 aliphatic rings. The first-order chi connectivity index (χ1) is 16.0. The zero-order valence-electron chi connectivity index (χ0n) is 18.4. The number of oxime groups is 1. The second kappa shape index (κ2) is 11.7. The molecule has 1 aromatic rings. The summed E-state index contributed by atoms with van der Waals surface area (Å²) in [4.78, 5) is 53.1. The Labute approximate surface area is 229 Å². The van der Waals surface area contributed by atoms with Gasteiger partial charge in [-0.05, 0) is 12.5 Å². The molecule has 1 unspecified atom stereocenters. The Morgan fingerprint density at radius 3 is 2.66 bits per heavy atom. The summed E-state index contributed by atoms with van der Waals surface area (Å²) in [6, 6.07) is -1.18. The number of nitrogens with two attached hydrogens (primary N) is 1. The maximum atomic E-state index is 12.7. The first-order valence-electron chi connectivity index (χ1n) is 9.47. The van der Waals surface area contributed by atoms with Crippen molar-refractivity contribution in [1.82, 2.24) is 15.2 Å². The van der Waals surface area contributed by atoms with Crippen LogP contribution in [-0.2, 0) is 33.8 Å². The molecule has 0 spiro atoms. The van der Waals surface area contributed by atoms with Crippen molar-refractivity contribution in [3.63, 3.8) is 0 Å². The number of thiazole rings is 1. The van der Waals surface area contributed by atoms with E-state index < -0.39 is 67.9 Å². The van der Waals surface area contributed by atoms with Gasteiger partial charge in [-0.15, -0.1) is 23.1 Å². The van der Waals surface area contributed by atoms with Crippen LogP contribution in [0.5, 0.6) is 0 Å². The number of carbonyl (C=O) groups is 4.